The molecule has 1 rings (SSSR count). The predicted molar refractivity (Wildman–Crippen MR) is 101 cm³/mol. The van der Waals surface area contributed by atoms with Crippen molar-refractivity contribution in [3.8, 4) is 0 Å². The van der Waals surface area contributed by atoms with Gasteiger partial charge in [0.2, 0.25) is 11.8 Å². The zero-order valence-corrected chi connectivity index (χ0v) is 16.9. The van der Waals surface area contributed by atoms with Crippen molar-refractivity contribution < 1.29 is 29.4 Å². The second-order valence-corrected chi connectivity index (χ2v) is 9.06. The summed E-state index contributed by atoms with van der Waals surface area (Å²) in [5.74, 6) is -2.95. The fourth-order valence-corrected chi connectivity index (χ4v) is 4.18. The maximum atomic E-state index is 12.7. The Morgan fingerprint density at radius 3 is 2.30 bits per heavy atom. The highest BCUT2D eigenvalue weighted by Crippen LogP contribution is 2.39. The minimum atomic E-state index is -1.12. The number of amides is 2. The van der Waals surface area contributed by atoms with E-state index in [-0.39, 0.29) is 24.7 Å². The lowest BCUT2D eigenvalue weighted by molar-refractivity contribution is -0.146. The highest BCUT2D eigenvalue weighted by Gasteiger charge is 2.46. The van der Waals surface area contributed by atoms with Gasteiger partial charge in [0.25, 0.3) is 0 Å². The number of hydrogen-bond donors (Lipinski definition) is 4. The van der Waals surface area contributed by atoms with Gasteiger partial charge in [-0.1, -0.05) is 13.8 Å². The Kier molecular flexibility index (Phi) is 8.09. The first-order chi connectivity index (χ1) is 12.4. The van der Waals surface area contributed by atoms with Gasteiger partial charge in [-0.25, -0.2) is 4.79 Å². The van der Waals surface area contributed by atoms with Crippen LogP contribution in [-0.4, -0.2) is 67.6 Å². The summed E-state index contributed by atoms with van der Waals surface area (Å²) in [4.78, 5) is 48.3. The third-order valence-electron chi connectivity index (χ3n) is 4.51. The number of carbonyl (C=O) groups excluding carboxylic acids is 2. The van der Waals surface area contributed by atoms with E-state index in [9.17, 15) is 24.3 Å². The van der Waals surface area contributed by atoms with Gasteiger partial charge in [-0.05, 0) is 32.6 Å². The van der Waals surface area contributed by atoms with Crippen molar-refractivity contribution in [1.82, 2.24) is 10.2 Å². The van der Waals surface area contributed by atoms with Crippen molar-refractivity contribution in [2.75, 3.05) is 5.75 Å². The third kappa shape index (κ3) is 6.10. The van der Waals surface area contributed by atoms with Gasteiger partial charge >= 0.3 is 11.9 Å². The molecule has 0 radical (unpaired) electrons. The van der Waals surface area contributed by atoms with Crippen LogP contribution in [0, 0.1) is 5.92 Å². The summed E-state index contributed by atoms with van der Waals surface area (Å²) < 4.78 is 0. The molecule has 9 nitrogen and oxygen atoms in total. The molecule has 0 aromatic carbocycles. The van der Waals surface area contributed by atoms with Crippen molar-refractivity contribution in [2.45, 2.75) is 70.0 Å². The quantitative estimate of drug-likeness (QED) is 0.434. The Balaban J connectivity index is 2.81. The first-order valence-electron chi connectivity index (χ1n) is 8.86. The molecule has 3 atom stereocenters. The number of thioether (sulfide) groups is 1. The SMILES string of the molecule is CC(C)[C@@H](NC(=O)[C@H]1CSC(C)(C)N1C(=O)CCC[C@H](N)C(=O)O)C(=O)O. The van der Waals surface area contributed by atoms with Crippen LogP contribution in [-0.2, 0) is 19.2 Å². The Morgan fingerprint density at radius 1 is 1.22 bits per heavy atom. The summed E-state index contributed by atoms with van der Waals surface area (Å²) >= 11 is 1.44. The Hall–Kier alpha value is -1.81. The molecule has 5 N–H and O–H groups in total. The average molecular weight is 404 g/mol. The van der Waals surface area contributed by atoms with Crippen LogP contribution in [0.25, 0.3) is 0 Å². The van der Waals surface area contributed by atoms with Crippen LogP contribution in [0.1, 0.15) is 47.0 Å². The third-order valence-corrected chi connectivity index (χ3v) is 5.90. The van der Waals surface area contributed by atoms with E-state index in [0.29, 0.717) is 12.2 Å². The van der Waals surface area contributed by atoms with Crippen molar-refractivity contribution >= 4 is 35.5 Å². The molecule has 0 aliphatic carbocycles. The molecule has 1 fully saturated rings. The maximum Gasteiger partial charge on any atom is 0.326 e. The zero-order chi connectivity index (χ0) is 20.9. The zero-order valence-electron chi connectivity index (χ0n) is 16.1. The van der Waals surface area contributed by atoms with E-state index < -0.39 is 40.8 Å². The van der Waals surface area contributed by atoms with Crippen molar-refractivity contribution in [3.05, 3.63) is 0 Å². The number of aliphatic carboxylic acids is 2. The minimum Gasteiger partial charge on any atom is -0.480 e. The molecule has 0 spiro atoms. The Morgan fingerprint density at radius 2 is 1.81 bits per heavy atom. The molecular formula is C17H29N3O6S. The summed E-state index contributed by atoms with van der Waals surface area (Å²) in [5, 5.41) is 20.6. The molecule has 0 saturated carbocycles. The lowest BCUT2D eigenvalue weighted by Crippen LogP contribution is -2.56. The van der Waals surface area contributed by atoms with E-state index in [1.54, 1.807) is 13.8 Å². The van der Waals surface area contributed by atoms with Crippen molar-refractivity contribution in [2.24, 2.45) is 11.7 Å². The second kappa shape index (κ2) is 9.41. The molecule has 154 valence electrons. The van der Waals surface area contributed by atoms with E-state index in [1.807, 2.05) is 13.8 Å². The van der Waals surface area contributed by atoms with Gasteiger partial charge in [-0.2, -0.15) is 0 Å². The minimum absolute atomic E-state index is 0.0707. The van der Waals surface area contributed by atoms with Crippen LogP contribution in [0.5, 0.6) is 0 Å². The molecule has 0 unspecified atom stereocenters. The number of rotatable bonds is 9. The van der Waals surface area contributed by atoms with E-state index in [2.05, 4.69) is 5.32 Å². The molecule has 2 amide bonds. The van der Waals surface area contributed by atoms with Crippen LogP contribution in [0.3, 0.4) is 0 Å². The van der Waals surface area contributed by atoms with E-state index in [0.717, 1.165) is 0 Å². The van der Waals surface area contributed by atoms with Crippen molar-refractivity contribution in [3.63, 3.8) is 0 Å². The summed E-state index contributed by atoms with van der Waals surface area (Å²) in [6.45, 7) is 7.04. The number of nitrogens with two attached hydrogens (primary N) is 1. The van der Waals surface area contributed by atoms with Gasteiger partial charge in [-0.3, -0.25) is 14.4 Å². The van der Waals surface area contributed by atoms with Gasteiger partial charge in [0, 0.05) is 12.2 Å². The van der Waals surface area contributed by atoms with Gasteiger partial charge in [0.1, 0.15) is 18.1 Å². The van der Waals surface area contributed by atoms with E-state index in [4.69, 9.17) is 10.8 Å². The molecule has 1 aliphatic rings. The lowest BCUT2D eigenvalue weighted by Gasteiger charge is -2.35. The molecule has 27 heavy (non-hydrogen) atoms. The summed E-state index contributed by atoms with van der Waals surface area (Å²) in [6, 6.07) is -2.83. The molecule has 10 heteroatoms. The maximum absolute atomic E-state index is 12.7. The number of carboxylic acid groups (broad SMARTS) is 2. The smallest absolute Gasteiger partial charge is 0.326 e. The molecule has 1 aliphatic heterocycles. The molecular weight excluding hydrogens is 374 g/mol. The molecule has 1 heterocycles. The highest BCUT2D eigenvalue weighted by atomic mass is 32.2. The molecule has 0 aromatic rings. The van der Waals surface area contributed by atoms with Crippen LogP contribution < -0.4 is 11.1 Å². The van der Waals surface area contributed by atoms with Gasteiger partial charge in [-0.15, -0.1) is 11.8 Å². The van der Waals surface area contributed by atoms with E-state index in [1.165, 1.54) is 16.7 Å². The number of carbonyl (C=O) groups is 4. The summed E-state index contributed by atoms with van der Waals surface area (Å²) in [7, 11) is 0. The number of hydrogen-bond acceptors (Lipinski definition) is 6. The van der Waals surface area contributed by atoms with Crippen LogP contribution >= 0.6 is 11.8 Å². The Bertz CT molecular complexity index is 595. The normalized spacial score (nSPS) is 21.0. The number of carboxylic acids is 2. The van der Waals surface area contributed by atoms with Gasteiger partial charge in [0.05, 0.1) is 4.87 Å². The van der Waals surface area contributed by atoms with Crippen LogP contribution in [0.4, 0.5) is 0 Å². The van der Waals surface area contributed by atoms with Crippen molar-refractivity contribution in [1.29, 1.82) is 0 Å². The van der Waals surface area contributed by atoms with Crippen LogP contribution in [0.15, 0.2) is 0 Å². The first kappa shape index (κ1) is 23.2. The molecule has 0 aromatic heterocycles. The monoisotopic (exact) mass is 403 g/mol. The van der Waals surface area contributed by atoms with Gasteiger partial charge in [0.15, 0.2) is 0 Å². The number of nitrogens with zero attached hydrogens (tertiary/aromatic N) is 1. The average Bonchev–Trinajstić information content (AvgIpc) is 2.86. The fourth-order valence-electron chi connectivity index (χ4n) is 2.95. The summed E-state index contributed by atoms with van der Waals surface area (Å²) in [5.41, 5.74) is 5.45. The second-order valence-electron chi connectivity index (χ2n) is 7.44. The standard InChI is InChI=1S/C17H29N3O6S/c1-9(2)13(16(25)26)19-14(22)11-8-27-17(3,4)20(11)12(21)7-5-6-10(18)15(23)24/h9-11,13H,5-8,18H2,1-4H3,(H,19,22)(H,23,24)(H,25,26)/t10-,11+,13+/m0/s1. The molecule has 0 bridgehead atoms. The molecule has 1 saturated heterocycles. The fraction of sp³-hybridized carbons (Fsp3) is 0.765. The summed E-state index contributed by atoms with van der Waals surface area (Å²) in [6.07, 6.45) is 0.525. The van der Waals surface area contributed by atoms with Crippen LogP contribution in [0.2, 0.25) is 0 Å². The van der Waals surface area contributed by atoms with E-state index >= 15 is 0 Å². The first-order valence-corrected chi connectivity index (χ1v) is 9.84. The number of nitrogens with one attached hydrogen (secondary N) is 1. The lowest BCUT2D eigenvalue weighted by atomic mass is 10.0. The largest absolute Gasteiger partial charge is 0.480 e. The highest BCUT2D eigenvalue weighted by molar-refractivity contribution is 8.00. The topological polar surface area (TPSA) is 150 Å². The van der Waals surface area contributed by atoms with Gasteiger partial charge < -0.3 is 26.2 Å². The Labute approximate surface area is 163 Å². The predicted octanol–water partition coefficient (Wildman–Crippen LogP) is 0.474.